The molecule has 0 aliphatic carbocycles. The zero-order chi connectivity index (χ0) is 19.4. The van der Waals surface area contributed by atoms with Crippen molar-refractivity contribution >= 4 is 15.7 Å². The Balaban J connectivity index is 1.62. The molecule has 3 aromatic rings. The van der Waals surface area contributed by atoms with Gasteiger partial charge < -0.3 is 9.84 Å². The molecule has 140 valence electrons. The molecule has 3 rings (SSSR count). The molecule has 0 atom stereocenters. The van der Waals surface area contributed by atoms with Crippen molar-refractivity contribution in [2.24, 2.45) is 0 Å². The number of hydrogen-bond acceptors (Lipinski definition) is 5. The van der Waals surface area contributed by atoms with Gasteiger partial charge in [0, 0.05) is 18.2 Å². The third-order valence-electron chi connectivity index (χ3n) is 3.71. The highest BCUT2D eigenvalue weighted by molar-refractivity contribution is 7.91. The summed E-state index contributed by atoms with van der Waals surface area (Å²) in [5.74, 6) is -2.90. The monoisotopic (exact) mass is 392 g/mol. The lowest BCUT2D eigenvalue weighted by Crippen LogP contribution is -2.29. The summed E-state index contributed by atoms with van der Waals surface area (Å²) >= 11 is 0. The largest absolute Gasteiger partial charge is 0.355 e. The van der Waals surface area contributed by atoms with Gasteiger partial charge in [-0.3, -0.25) is 4.79 Å². The summed E-state index contributed by atoms with van der Waals surface area (Å²) in [6, 6.07) is 12.3. The van der Waals surface area contributed by atoms with Crippen molar-refractivity contribution in [1.29, 1.82) is 0 Å². The topological polar surface area (TPSA) is 89.3 Å². The molecule has 27 heavy (non-hydrogen) atoms. The van der Waals surface area contributed by atoms with Gasteiger partial charge in [-0.2, -0.15) is 0 Å². The van der Waals surface area contributed by atoms with Crippen LogP contribution in [0, 0.1) is 11.6 Å². The lowest BCUT2D eigenvalue weighted by Gasteiger charge is -2.05. The Hall–Kier alpha value is -3.07. The molecule has 9 heteroatoms. The second-order valence-electron chi connectivity index (χ2n) is 5.59. The third kappa shape index (κ3) is 4.37. The summed E-state index contributed by atoms with van der Waals surface area (Å²) in [5, 5.41) is 6.00. The van der Waals surface area contributed by atoms with Gasteiger partial charge in [-0.05, 0) is 30.3 Å². The smallest absolute Gasteiger partial charge is 0.273 e. The lowest BCUT2D eigenvalue weighted by atomic mass is 10.1. The molecule has 1 amide bonds. The van der Waals surface area contributed by atoms with Gasteiger partial charge in [0.25, 0.3) is 5.91 Å². The fraction of sp³-hybridized carbons (Fsp3) is 0.111. The quantitative estimate of drug-likeness (QED) is 0.697. The van der Waals surface area contributed by atoms with E-state index in [1.54, 1.807) is 18.2 Å². The molecule has 0 radical (unpaired) electrons. The number of amides is 1. The van der Waals surface area contributed by atoms with Gasteiger partial charge in [0.1, 0.15) is 0 Å². The summed E-state index contributed by atoms with van der Waals surface area (Å²) in [6.45, 7) is -0.122. The molecular weight excluding hydrogens is 378 g/mol. The Morgan fingerprint density at radius 2 is 1.78 bits per heavy atom. The van der Waals surface area contributed by atoms with Gasteiger partial charge in [0.05, 0.1) is 10.6 Å². The molecule has 0 fully saturated rings. The van der Waals surface area contributed by atoms with Crippen LogP contribution in [0.2, 0.25) is 0 Å². The number of rotatable bonds is 6. The van der Waals surface area contributed by atoms with Crippen LogP contribution in [0.4, 0.5) is 8.78 Å². The van der Waals surface area contributed by atoms with Crippen LogP contribution in [0.3, 0.4) is 0 Å². The third-order valence-corrected chi connectivity index (χ3v) is 5.44. The maximum absolute atomic E-state index is 13.3. The van der Waals surface area contributed by atoms with Crippen LogP contribution >= 0.6 is 0 Å². The number of carbonyl (C=O) groups excluding carboxylic acids is 1. The summed E-state index contributed by atoms with van der Waals surface area (Å²) < 4.78 is 55.5. The molecular formula is C18H14F2N2O4S. The molecule has 0 aliphatic heterocycles. The molecule has 1 N–H and O–H groups in total. The maximum atomic E-state index is 13.3. The summed E-state index contributed by atoms with van der Waals surface area (Å²) in [7, 11) is -3.52. The van der Waals surface area contributed by atoms with E-state index in [1.807, 2.05) is 0 Å². The number of nitrogens with one attached hydrogen (secondary N) is 1. The van der Waals surface area contributed by atoms with Crippen molar-refractivity contribution in [2.75, 3.05) is 12.3 Å². The van der Waals surface area contributed by atoms with E-state index < -0.39 is 27.4 Å². The average Bonchev–Trinajstić information content (AvgIpc) is 3.15. The first kappa shape index (κ1) is 18.7. The molecule has 1 aromatic heterocycles. The highest BCUT2D eigenvalue weighted by Crippen LogP contribution is 2.22. The van der Waals surface area contributed by atoms with E-state index in [4.69, 9.17) is 4.52 Å². The number of halogens is 2. The van der Waals surface area contributed by atoms with Crippen molar-refractivity contribution in [3.63, 3.8) is 0 Å². The van der Waals surface area contributed by atoms with Gasteiger partial charge >= 0.3 is 0 Å². The highest BCUT2D eigenvalue weighted by Gasteiger charge is 2.17. The van der Waals surface area contributed by atoms with Gasteiger partial charge in [-0.25, -0.2) is 17.2 Å². The van der Waals surface area contributed by atoms with Crippen molar-refractivity contribution in [1.82, 2.24) is 10.5 Å². The Bertz CT molecular complexity index is 1070. The molecule has 2 aromatic carbocycles. The minimum atomic E-state index is -3.52. The predicted octanol–water partition coefficient (Wildman–Crippen LogP) is 2.82. The number of carbonyl (C=O) groups is 1. The van der Waals surface area contributed by atoms with E-state index in [0.717, 1.165) is 12.1 Å². The Morgan fingerprint density at radius 1 is 1.04 bits per heavy atom. The first-order valence-corrected chi connectivity index (χ1v) is 9.50. The van der Waals surface area contributed by atoms with Crippen molar-refractivity contribution in [3.05, 3.63) is 71.9 Å². The lowest BCUT2D eigenvalue weighted by molar-refractivity contribution is 0.0947. The molecule has 0 saturated heterocycles. The summed E-state index contributed by atoms with van der Waals surface area (Å²) in [5.41, 5.74) is 0.110. The number of nitrogens with zero attached hydrogens (tertiary/aromatic N) is 1. The Kier molecular flexibility index (Phi) is 5.31. The highest BCUT2D eigenvalue weighted by atomic mass is 32.2. The average molecular weight is 392 g/mol. The van der Waals surface area contributed by atoms with Gasteiger partial charge in [-0.1, -0.05) is 23.4 Å². The maximum Gasteiger partial charge on any atom is 0.273 e. The van der Waals surface area contributed by atoms with E-state index in [2.05, 4.69) is 10.5 Å². The second-order valence-corrected chi connectivity index (χ2v) is 7.70. The van der Waals surface area contributed by atoms with Gasteiger partial charge in [0.2, 0.25) is 0 Å². The SMILES string of the molecule is O=C(NCCS(=O)(=O)c1ccccc1)c1cc(-c2ccc(F)c(F)c2)on1. The zero-order valence-corrected chi connectivity index (χ0v) is 14.7. The number of sulfone groups is 1. The normalized spacial score (nSPS) is 11.3. The molecule has 1 heterocycles. The van der Waals surface area contributed by atoms with E-state index in [0.29, 0.717) is 0 Å². The first-order chi connectivity index (χ1) is 12.9. The first-order valence-electron chi connectivity index (χ1n) is 7.85. The van der Waals surface area contributed by atoms with Crippen LogP contribution in [-0.4, -0.2) is 31.8 Å². The minimum absolute atomic E-state index is 0.0796. The second kappa shape index (κ2) is 7.67. The number of aromatic nitrogens is 1. The van der Waals surface area contributed by atoms with E-state index in [1.165, 1.54) is 24.3 Å². The van der Waals surface area contributed by atoms with Crippen LogP contribution in [0.5, 0.6) is 0 Å². The summed E-state index contributed by atoms with van der Waals surface area (Å²) in [4.78, 5) is 12.2. The van der Waals surface area contributed by atoms with E-state index in [-0.39, 0.29) is 34.2 Å². The predicted molar refractivity (Wildman–Crippen MR) is 92.7 cm³/mol. The fourth-order valence-electron chi connectivity index (χ4n) is 2.30. The molecule has 0 aliphatic rings. The van der Waals surface area contributed by atoms with E-state index >= 15 is 0 Å². The van der Waals surface area contributed by atoms with Crippen molar-refractivity contribution < 1.29 is 26.5 Å². The van der Waals surface area contributed by atoms with Crippen LogP contribution in [-0.2, 0) is 9.84 Å². The zero-order valence-electron chi connectivity index (χ0n) is 13.9. The molecule has 0 spiro atoms. The van der Waals surface area contributed by atoms with Crippen molar-refractivity contribution in [3.8, 4) is 11.3 Å². The standard InChI is InChI=1S/C18H14F2N2O4S/c19-14-7-6-12(10-15(14)20)17-11-16(22-26-17)18(23)21-8-9-27(24,25)13-4-2-1-3-5-13/h1-7,10-11H,8-9H2,(H,21,23). The molecule has 6 nitrogen and oxygen atoms in total. The molecule has 0 unspecified atom stereocenters. The number of hydrogen-bond donors (Lipinski definition) is 1. The molecule has 0 saturated carbocycles. The van der Waals surface area contributed by atoms with E-state index in [9.17, 15) is 22.0 Å². The fourth-order valence-corrected chi connectivity index (χ4v) is 3.48. The minimum Gasteiger partial charge on any atom is -0.355 e. The number of benzene rings is 2. The van der Waals surface area contributed by atoms with Crippen molar-refractivity contribution in [2.45, 2.75) is 4.90 Å². The van der Waals surface area contributed by atoms with Gasteiger partial charge in [0.15, 0.2) is 32.9 Å². The van der Waals surface area contributed by atoms with Gasteiger partial charge in [-0.15, -0.1) is 0 Å². The summed E-state index contributed by atoms with van der Waals surface area (Å²) in [6.07, 6.45) is 0. The van der Waals surface area contributed by atoms with Crippen LogP contribution < -0.4 is 5.32 Å². The Morgan fingerprint density at radius 3 is 2.48 bits per heavy atom. The van der Waals surface area contributed by atoms with Crippen LogP contribution in [0.1, 0.15) is 10.5 Å². The van der Waals surface area contributed by atoms with Crippen LogP contribution in [0.25, 0.3) is 11.3 Å². The Labute approximate surface area is 153 Å². The van der Waals surface area contributed by atoms with Crippen LogP contribution in [0.15, 0.2) is 64.0 Å². The molecule has 0 bridgehead atoms.